The van der Waals surface area contributed by atoms with Crippen molar-refractivity contribution in [3.05, 3.63) is 29.8 Å². The van der Waals surface area contributed by atoms with Crippen molar-refractivity contribution in [2.24, 2.45) is 5.92 Å². The Morgan fingerprint density at radius 3 is 2.30 bits per heavy atom. The number of nitrogens with zero attached hydrogens (tertiary/aromatic N) is 1. The van der Waals surface area contributed by atoms with Crippen LogP contribution in [0.4, 0.5) is 5.69 Å². The van der Waals surface area contributed by atoms with Gasteiger partial charge in [0.05, 0.1) is 5.75 Å². The van der Waals surface area contributed by atoms with Crippen LogP contribution in [0.3, 0.4) is 0 Å². The van der Waals surface area contributed by atoms with Gasteiger partial charge in [0.1, 0.15) is 9.84 Å². The molecule has 0 fully saturated rings. The summed E-state index contributed by atoms with van der Waals surface area (Å²) in [7, 11) is 1.07. The lowest BCUT2D eigenvalue weighted by molar-refractivity contribution is -0.117. The fourth-order valence-electron chi connectivity index (χ4n) is 2.39. The molecule has 0 aliphatic carbocycles. The molecule has 5 nitrogen and oxygen atoms in total. The lowest BCUT2D eigenvalue weighted by Gasteiger charge is -2.19. The molecule has 0 aromatic heterocycles. The normalized spacial score (nSPS) is 13.1. The van der Waals surface area contributed by atoms with E-state index in [2.05, 4.69) is 17.1 Å². The quantitative estimate of drug-likeness (QED) is 0.748. The highest BCUT2D eigenvalue weighted by Crippen LogP contribution is 2.14. The predicted molar refractivity (Wildman–Crippen MR) is 95.4 cm³/mol. The van der Waals surface area contributed by atoms with Crippen molar-refractivity contribution < 1.29 is 13.2 Å². The molecule has 0 spiro atoms. The number of amides is 1. The van der Waals surface area contributed by atoms with Crippen LogP contribution >= 0.6 is 0 Å². The van der Waals surface area contributed by atoms with Gasteiger partial charge in [-0.2, -0.15) is 0 Å². The Morgan fingerprint density at radius 1 is 1.22 bits per heavy atom. The molecule has 1 rings (SSSR count). The second-order valence-corrected chi connectivity index (χ2v) is 8.63. The maximum absolute atomic E-state index is 12.1. The highest BCUT2D eigenvalue weighted by Gasteiger charge is 2.13. The third kappa shape index (κ3) is 8.71. The number of carbonyl (C=O) groups is 1. The molecule has 1 unspecified atom stereocenters. The van der Waals surface area contributed by atoms with Crippen LogP contribution < -0.4 is 5.32 Å². The van der Waals surface area contributed by atoms with Crippen molar-refractivity contribution in [3.8, 4) is 0 Å². The summed E-state index contributed by atoms with van der Waals surface area (Å²) >= 11 is 0. The van der Waals surface area contributed by atoms with Crippen molar-refractivity contribution in [2.45, 2.75) is 26.2 Å². The van der Waals surface area contributed by atoms with Crippen LogP contribution in [-0.2, 0) is 21.1 Å². The molecule has 0 saturated carbocycles. The Balaban J connectivity index is 2.52. The molecule has 0 radical (unpaired) electrons. The van der Waals surface area contributed by atoms with E-state index in [1.807, 2.05) is 38.4 Å². The number of rotatable bonds is 9. The van der Waals surface area contributed by atoms with Gasteiger partial charge in [0.15, 0.2) is 0 Å². The number of hydrogen-bond donors (Lipinski definition) is 1. The molecule has 0 heterocycles. The first kappa shape index (κ1) is 19.6. The first-order valence-electron chi connectivity index (χ1n) is 7.91. The minimum absolute atomic E-state index is 0.0163. The molecule has 1 amide bonds. The molecule has 0 saturated heterocycles. The summed E-state index contributed by atoms with van der Waals surface area (Å²) < 4.78 is 22.3. The molecule has 0 aliphatic heterocycles. The van der Waals surface area contributed by atoms with Gasteiger partial charge in [0, 0.05) is 24.9 Å². The van der Waals surface area contributed by atoms with Crippen LogP contribution in [0.15, 0.2) is 24.3 Å². The van der Waals surface area contributed by atoms with Gasteiger partial charge < -0.3 is 10.2 Å². The molecular weight excluding hydrogens is 312 g/mol. The summed E-state index contributed by atoms with van der Waals surface area (Å²) in [5.74, 6) is 0.503. The zero-order chi connectivity index (χ0) is 17.5. The van der Waals surface area contributed by atoms with E-state index in [1.54, 1.807) is 0 Å². The molecule has 1 aromatic carbocycles. The Kier molecular flexibility index (Phi) is 7.72. The highest BCUT2D eigenvalue weighted by atomic mass is 32.2. The molecule has 1 atom stereocenters. The standard InChI is InChI=1S/C17H28N2O3S/c1-5-14(13-19(2)3)12-17(20)18-16-8-6-15(7-9-16)10-11-23(4,21)22/h6-9,14H,5,10-13H2,1-4H3,(H,18,20). The molecular formula is C17H28N2O3S. The molecule has 1 aromatic rings. The zero-order valence-corrected chi connectivity index (χ0v) is 15.3. The minimum Gasteiger partial charge on any atom is -0.326 e. The van der Waals surface area contributed by atoms with Crippen molar-refractivity contribution >= 4 is 21.4 Å². The number of sulfone groups is 1. The SMILES string of the molecule is CCC(CC(=O)Nc1ccc(CCS(C)(=O)=O)cc1)CN(C)C. The van der Waals surface area contributed by atoms with Crippen LogP contribution in [0.1, 0.15) is 25.3 Å². The van der Waals surface area contributed by atoms with Crippen LogP contribution in [0.2, 0.25) is 0 Å². The van der Waals surface area contributed by atoms with Gasteiger partial charge in [0.25, 0.3) is 0 Å². The second kappa shape index (κ2) is 9.03. The van der Waals surface area contributed by atoms with E-state index >= 15 is 0 Å². The number of benzene rings is 1. The van der Waals surface area contributed by atoms with Gasteiger partial charge in [-0.15, -0.1) is 0 Å². The molecule has 23 heavy (non-hydrogen) atoms. The monoisotopic (exact) mass is 340 g/mol. The summed E-state index contributed by atoms with van der Waals surface area (Å²) in [4.78, 5) is 14.2. The van der Waals surface area contributed by atoms with Crippen LogP contribution in [0.25, 0.3) is 0 Å². The summed E-state index contributed by atoms with van der Waals surface area (Å²) in [5, 5.41) is 2.90. The molecule has 0 bridgehead atoms. The Morgan fingerprint density at radius 2 is 1.83 bits per heavy atom. The van der Waals surface area contributed by atoms with E-state index in [4.69, 9.17) is 0 Å². The zero-order valence-electron chi connectivity index (χ0n) is 14.5. The minimum atomic E-state index is -2.95. The van der Waals surface area contributed by atoms with Crippen LogP contribution in [-0.4, -0.2) is 51.9 Å². The van der Waals surface area contributed by atoms with Crippen molar-refractivity contribution in [3.63, 3.8) is 0 Å². The molecule has 0 aliphatic rings. The maximum atomic E-state index is 12.1. The van der Waals surface area contributed by atoms with E-state index in [0.717, 1.165) is 24.2 Å². The van der Waals surface area contributed by atoms with Crippen molar-refractivity contribution in [1.29, 1.82) is 0 Å². The van der Waals surface area contributed by atoms with Gasteiger partial charge in [0.2, 0.25) is 5.91 Å². The topological polar surface area (TPSA) is 66.5 Å². The maximum Gasteiger partial charge on any atom is 0.224 e. The van der Waals surface area contributed by atoms with E-state index < -0.39 is 9.84 Å². The molecule has 130 valence electrons. The van der Waals surface area contributed by atoms with E-state index in [1.165, 1.54) is 6.26 Å². The van der Waals surface area contributed by atoms with Gasteiger partial charge in [-0.25, -0.2) is 8.42 Å². The summed E-state index contributed by atoms with van der Waals surface area (Å²) in [6, 6.07) is 7.36. The number of carbonyl (C=O) groups excluding carboxylic acids is 1. The van der Waals surface area contributed by atoms with Crippen LogP contribution in [0.5, 0.6) is 0 Å². The number of aryl methyl sites for hydroxylation is 1. The lowest BCUT2D eigenvalue weighted by Crippen LogP contribution is -2.25. The average Bonchev–Trinajstić information content (AvgIpc) is 2.44. The number of hydrogen-bond acceptors (Lipinski definition) is 4. The Hall–Kier alpha value is -1.40. The third-order valence-corrected chi connectivity index (χ3v) is 4.62. The highest BCUT2D eigenvalue weighted by molar-refractivity contribution is 7.90. The van der Waals surface area contributed by atoms with E-state index in [0.29, 0.717) is 18.8 Å². The number of nitrogens with one attached hydrogen (secondary N) is 1. The summed E-state index contributed by atoms with van der Waals surface area (Å²) in [6.45, 7) is 2.99. The fraction of sp³-hybridized carbons (Fsp3) is 0.588. The summed E-state index contributed by atoms with van der Waals surface area (Å²) in [5.41, 5.74) is 1.70. The third-order valence-electron chi connectivity index (χ3n) is 3.67. The molecule has 6 heteroatoms. The predicted octanol–water partition coefficient (Wildman–Crippen LogP) is 2.19. The van der Waals surface area contributed by atoms with Crippen molar-refractivity contribution in [1.82, 2.24) is 4.90 Å². The van der Waals surface area contributed by atoms with E-state index in [9.17, 15) is 13.2 Å². The number of anilines is 1. The Bertz CT molecular complexity index is 595. The second-order valence-electron chi connectivity index (χ2n) is 6.37. The van der Waals surface area contributed by atoms with Gasteiger partial charge in [-0.1, -0.05) is 25.5 Å². The van der Waals surface area contributed by atoms with Gasteiger partial charge in [-0.3, -0.25) is 4.79 Å². The first-order valence-corrected chi connectivity index (χ1v) is 9.97. The van der Waals surface area contributed by atoms with Gasteiger partial charge >= 0.3 is 0 Å². The lowest BCUT2D eigenvalue weighted by atomic mass is 10.0. The average molecular weight is 340 g/mol. The summed E-state index contributed by atoms with van der Waals surface area (Å²) in [6.07, 6.45) is 3.20. The largest absolute Gasteiger partial charge is 0.326 e. The van der Waals surface area contributed by atoms with Crippen LogP contribution in [0, 0.1) is 5.92 Å². The smallest absolute Gasteiger partial charge is 0.224 e. The van der Waals surface area contributed by atoms with Crippen molar-refractivity contribution in [2.75, 3.05) is 38.0 Å². The Labute approximate surface area is 140 Å². The van der Waals surface area contributed by atoms with Gasteiger partial charge in [-0.05, 0) is 44.1 Å². The molecule has 1 N–H and O–H groups in total. The van der Waals surface area contributed by atoms with E-state index in [-0.39, 0.29) is 11.7 Å². The fourth-order valence-corrected chi connectivity index (χ4v) is 2.99. The first-order chi connectivity index (χ1) is 10.7.